The Kier molecular flexibility index (Phi) is 3.83. The number of hydrogen-bond donors (Lipinski definition) is 1. The zero-order chi connectivity index (χ0) is 11.5. The van der Waals surface area contributed by atoms with Crippen molar-refractivity contribution in [2.45, 2.75) is 38.8 Å². The lowest BCUT2D eigenvalue weighted by Crippen LogP contribution is -2.29. The molecule has 0 amide bonds. The minimum Gasteiger partial charge on any atom is -0.379 e. The zero-order valence-corrected chi connectivity index (χ0v) is 9.95. The third kappa shape index (κ3) is 3.29. The summed E-state index contributed by atoms with van der Waals surface area (Å²) in [5.41, 5.74) is 8.23. The highest BCUT2D eigenvalue weighted by atomic mass is 16.5. The van der Waals surface area contributed by atoms with Crippen LogP contribution in [0.15, 0.2) is 18.5 Å². The first-order chi connectivity index (χ1) is 6.96. The summed E-state index contributed by atoms with van der Waals surface area (Å²) in [6.07, 6.45) is 4.41. The maximum Gasteiger partial charge on any atom is 0.0640 e. The van der Waals surface area contributed by atoms with Crippen LogP contribution in [0.25, 0.3) is 0 Å². The van der Waals surface area contributed by atoms with Crippen LogP contribution in [-0.2, 0) is 4.74 Å². The molecule has 0 spiro atoms. The van der Waals surface area contributed by atoms with Crippen LogP contribution in [0.2, 0.25) is 0 Å². The fraction of sp³-hybridized carbons (Fsp3) is 0.583. The number of pyridine rings is 1. The van der Waals surface area contributed by atoms with E-state index in [4.69, 9.17) is 10.5 Å². The first-order valence-electron chi connectivity index (χ1n) is 5.17. The Morgan fingerprint density at radius 1 is 1.53 bits per heavy atom. The molecule has 0 aliphatic rings. The Morgan fingerprint density at radius 3 is 2.73 bits per heavy atom. The molecule has 0 saturated carbocycles. The highest BCUT2D eigenvalue weighted by Crippen LogP contribution is 2.25. The molecule has 1 unspecified atom stereocenters. The van der Waals surface area contributed by atoms with E-state index in [0.29, 0.717) is 0 Å². The molecule has 1 rings (SSSR count). The van der Waals surface area contributed by atoms with E-state index in [1.54, 1.807) is 13.3 Å². The quantitative estimate of drug-likeness (QED) is 0.825. The number of nitrogens with two attached hydrogens (primary N) is 1. The van der Waals surface area contributed by atoms with Crippen LogP contribution in [0.3, 0.4) is 0 Å². The number of hydrogen-bond acceptors (Lipinski definition) is 3. The van der Waals surface area contributed by atoms with Gasteiger partial charge in [0.15, 0.2) is 0 Å². The SMILES string of the molecule is COC(C)(C)CC(N)c1cnccc1C. The van der Waals surface area contributed by atoms with Gasteiger partial charge in [-0.3, -0.25) is 4.98 Å². The van der Waals surface area contributed by atoms with Gasteiger partial charge < -0.3 is 10.5 Å². The number of nitrogens with zero attached hydrogens (tertiary/aromatic N) is 1. The van der Waals surface area contributed by atoms with Crippen molar-refractivity contribution in [3.63, 3.8) is 0 Å². The normalized spacial score (nSPS) is 13.9. The van der Waals surface area contributed by atoms with Crippen molar-refractivity contribution >= 4 is 0 Å². The molecule has 0 saturated heterocycles. The second-order valence-electron chi connectivity index (χ2n) is 4.51. The Morgan fingerprint density at radius 2 is 2.20 bits per heavy atom. The first-order valence-corrected chi connectivity index (χ1v) is 5.17. The van der Waals surface area contributed by atoms with Crippen LogP contribution < -0.4 is 5.73 Å². The van der Waals surface area contributed by atoms with E-state index in [1.807, 2.05) is 26.1 Å². The van der Waals surface area contributed by atoms with Gasteiger partial charge >= 0.3 is 0 Å². The Hall–Kier alpha value is -0.930. The molecule has 1 atom stereocenters. The van der Waals surface area contributed by atoms with E-state index in [2.05, 4.69) is 11.9 Å². The summed E-state index contributed by atoms with van der Waals surface area (Å²) < 4.78 is 5.37. The van der Waals surface area contributed by atoms with Gasteiger partial charge in [-0.05, 0) is 44.4 Å². The molecule has 0 aliphatic carbocycles. The van der Waals surface area contributed by atoms with Gasteiger partial charge in [0.05, 0.1) is 5.60 Å². The fourth-order valence-corrected chi connectivity index (χ4v) is 1.59. The predicted octanol–water partition coefficient (Wildman–Crippen LogP) is 2.20. The van der Waals surface area contributed by atoms with E-state index < -0.39 is 0 Å². The van der Waals surface area contributed by atoms with Crippen molar-refractivity contribution in [1.82, 2.24) is 4.98 Å². The van der Waals surface area contributed by atoms with Gasteiger partial charge in [0, 0.05) is 25.5 Å². The van der Waals surface area contributed by atoms with Crippen LogP contribution in [0.1, 0.15) is 37.4 Å². The topological polar surface area (TPSA) is 48.1 Å². The average molecular weight is 208 g/mol. The number of ether oxygens (including phenoxy) is 1. The van der Waals surface area contributed by atoms with E-state index in [-0.39, 0.29) is 11.6 Å². The molecule has 0 aromatic carbocycles. The van der Waals surface area contributed by atoms with Crippen molar-refractivity contribution in [3.05, 3.63) is 29.6 Å². The molecule has 0 radical (unpaired) electrons. The Labute approximate surface area is 91.7 Å². The summed E-state index contributed by atoms with van der Waals surface area (Å²) >= 11 is 0. The number of aromatic nitrogens is 1. The Balaban J connectivity index is 2.78. The largest absolute Gasteiger partial charge is 0.379 e. The summed E-state index contributed by atoms with van der Waals surface area (Å²) in [6.45, 7) is 6.13. The Bertz CT molecular complexity index is 323. The summed E-state index contributed by atoms with van der Waals surface area (Å²) in [6, 6.07) is 1.96. The van der Waals surface area contributed by atoms with E-state index in [0.717, 1.165) is 12.0 Å². The molecule has 3 heteroatoms. The third-order valence-corrected chi connectivity index (χ3v) is 2.74. The zero-order valence-electron chi connectivity index (χ0n) is 9.95. The van der Waals surface area contributed by atoms with Gasteiger partial charge in [0.1, 0.15) is 0 Å². The minimum atomic E-state index is -0.193. The smallest absolute Gasteiger partial charge is 0.0640 e. The van der Waals surface area contributed by atoms with Gasteiger partial charge in [-0.2, -0.15) is 0 Å². The van der Waals surface area contributed by atoms with E-state index in [9.17, 15) is 0 Å². The maximum absolute atomic E-state index is 6.14. The second kappa shape index (κ2) is 4.73. The first kappa shape index (κ1) is 12.1. The number of rotatable bonds is 4. The number of aryl methyl sites for hydroxylation is 1. The van der Waals surface area contributed by atoms with Crippen LogP contribution in [0, 0.1) is 6.92 Å². The molecule has 15 heavy (non-hydrogen) atoms. The summed E-state index contributed by atoms with van der Waals surface area (Å²) in [4.78, 5) is 4.10. The molecule has 0 bridgehead atoms. The van der Waals surface area contributed by atoms with Gasteiger partial charge in [-0.25, -0.2) is 0 Å². The third-order valence-electron chi connectivity index (χ3n) is 2.74. The lowest BCUT2D eigenvalue weighted by atomic mass is 9.93. The molecule has 1 aromatic heterocycles. The highest BCUT2D eigenvalue weighted by Gasteiger charge is 2.22. The lowest BCUT2D eigenvalue weighted by Gasteiger charge is -2.27. The molecule has 1 heterocycles. The molecular formula is C12H20N2O. The number of methoxy groups -OCH3 is 1. The van der Waals surface area contributed by atoms with Crippen molar-refractivity contribution < 1.29 is 4.74 Å². The van der Waals surface area contributed by atoms with Crippen LogP contribution in [0.4, 0.5) is 0 Å². The summed E-state index contributed by atoms with van der Waals surface area (Å²) in [5, 5.41) is 0. The van der Waals surface area contributed by atoms with Crippen LogP contribution in [-0.4, -0.2) is 17.7 Å². The molecule has 84 valence electrons. The van der Waals surface area contributed by atoms with Crippen molar-refractivity contribution in [2.75, 3.05) is 7.11 Å². The second-order valence-corrected chi connectivity index (χ2v) is 4.51. The monoisotopic (exact) mass is 208 g/mol. The molecule has 0 aliphatic heterocycles. The van der Waals surface area contributed by atoms with Crippen molar-refractivity contribution in [3.8, 4) is 0 Å². The van der Waals surface area contributed by atoms with Crippen molar-refractivity contribution in [2.24, 2.45) is 5.73 Å². The van der Waals surface area contributed by atoms with Gasteiger partial charge in [0.2, 0.25) is 0 Å². The van der Waals surface area contributed by atoms with E-state index >= 15 is 0 Å². The fourth-order valence-electron chi connectivity index (χ4n) is 1.59. The molecule has 3 nitrogen and oxygen atoms in total. The molecular weight excluding hydrogens is 188 g/mol. The molecule has 2 N–H and O–H groups in total. The van der Waals surface area contributed by atoms with Gasteiger partial charge in [-0.1, -0.05) is 0 Å². The molecule has 1 aromatic rings. The van der Waals surface area contributed by atoms with Crippen LogP contribution >= 0.6 is 0 Å². The lowest BCUT2D eigenvalue weighted by molar-refractivity contribution is 0.00990. The van der Waals surface area contributed by atoms with Gasteiger partial charge in [-0.15, -0.1) is 0 Å². The standard InChI is InChI=1S/C12H20N2O/c1-9-5-6-14-8-10(9)11(13)7-12(2,3)15-4/h5-6,8,11H,7,13H2,1-4H3. The molecule has 0 fully saturated rings. The average Bonchev–Trinajstić information content (AvgIpc) is 2.17. The van der Waals surface area contributed by atoms with Crippen LogP contribution in [0.5, 0.6) is 0 Å². The maximum atomic E-state index is 6.14. The van der Waals surface area contributed by atoms with Crippen molar-refractivity contribution in [1.29, 1.82) is 0 Å². The van der Waals surface area contributed by atoms with Gasteiger partial charge in [0.25, 0.3) is 0 Å². The predicted molar refractivity (Wildman–Crippen MR) is 61.6 cm³/mol. The van der Waals surface area contributed by atoms with E-state index in [1.165, 1.54) is 5.56 Å². The minimum absolute atomic E-state index is 0.0198. The highest BCUT2D eigenvalue weighted by molar-refractivity contribution is 5.24. The summed E-state index contributed by atoms with van der Waals surface area (Å²) in [7, 11) is 1.71. The summed E-state index contributed by atoms with van der Waals surface area (Å²) in [5.74, 6) is 0.